The fourth-order valence-electron chi connectivity index (χ4n) is 2.92. The topological polar surface area (TPSA) is 95.2 Å². The zero-order valence-electron chi connectivity index (χ0n) is 14.7. The van der Waals surface area contributed by atoms with E-state index in [4.69, 9.17) is 5.26 Å². The Balaban J connectivity index is 1.64. The Kier molecular flexibility index (Phi) is 4.68. The molecule has 0 aliphatic heterocycles. The first-order chi connectivity index (χ1) is 13.6. The number of rotatable bonds is 6. The van der Waals surface area contributed by atoms with Gasteiger partial charge in [0.25, 0.3) is 0 Å². The third-order valence-corrected chi connectivity index (χ3v) is 4.23. The van der Waals surface area contributed by atoms with E-state index >= 15 is 0 Å². The second-order valence-electron chi connectivity index (χ2n) is 6.20. The summed E-state index contributed by atoms with van der Waals surface area (Å²) in [6.45, 7) is 0.495. The zero-order chi connectivity index (χ0) is 19.5. The van der Waals surface area contributed by atoms with Crippen LogP contribution in [0.5, 0.6) is 0 Å². The average Bonchev–Trinajstić information content (AvgIpc) is 3.32. The minimum atomic E-state index is -0.503. The summed E-state index contributed by atoms with van der Waals surface area (Å²) in [5.41, 5.74) is 1.49. The highest BCUT2D eigenvalue weighted by molar-refractivity contribution is 5.83. The van der Waals surface area contributed by atoms with Crippen molar-refractivity contribution in [3.05, 3.63) is 65.6 Å². The molecule has 0 aliphatic rings. The van der Waals surface area contributed by atoms with Gasteiger partial charge in [0.05, 0.1) is 36.4 Å². The van der Waals surface area contributed by atoms with Crippen molar-refractivity contribution in [3.8, 4) is 6.07 Å². The van der Waals surface area contributed by atoms with Crippen LogP contribution in [0.25, 0.3) is 10.9 Å². The molecule has 0 fully saturated rings. The molecule has 9 heteroatoms. The minimum absolute atomic E-state index is 0.117. The van der Waals surface area contributed by atoms with Crippen molar-refractivity contribution < 1.29 is 8.78 Å². The highest BCUT2D eigenvalue weighted by atomic mass is 19.1. The van der Waals surface area contributed by atoms with Crippen molar-refractivity contribution in [2.75, 3.05) is 5.32 Å². The van der Waals surface area contributed by atoms with E-state index in [9.17, 15) is 8.78 Å². The number of fused-ring (bicyclic) bond motifs is 1. The number of aryl methyl sites for hydroxylation is 1. The Labute approximate surface area is 158 Å². The maximum Gasteiger partial charge on any atom is 0.153 e. The van der Waals surface area contributed by atoms with E-state index in [0.717, 1.165) is 17.5 Å². The number of anilines is 2. The first-order valence-corrected chi connectivity index (χ1v) is 8.57. The standard InChI is InChI=1S/C19H15F2N7/c20-13-2-3-15(21)12(8-13)9-16-14-11-23-26-17(14)10-19(24-16)25-18-4-7-28(27-18)6-1-5-22/h2-4,7-8,10-11H,1,6,9H2,(H,23,26)(H,24,25,27). The maximum atomic E-state index is 14.1. The molecule has 28 heavy (non-hydrogen) atoms. The molecule has 0 bridgehead atoms. The van der Waals surface area contributed by atoms with Gasteiger partial charge >= 0.3 is 0 Å². The van der Waals surface area contributed by atoms with Gasteiger partial charge in [-0.3, -0.25) is 9.78 Å². The van der Waals surface area contributed by atoms with Crippen LogP contribution in [0.2, 0.25) is 0 Å². The van der Waals surface area contributed by atoms with E-state index in [-0.39, 0.29) is 12.0 Å². The van der Waals surface area contributed by atoms with E-state index in [0.29, 0.717) is 35.8 Å². The second kappa shape index (κ2) is 7.44. The van der Waals surface area contributed by atoms with Gasteiger partial charge in [0.1, 0.15) is 17.5 Å². The van der Waals surface area contributed by atoms with Crippen LogP contribution in [-0.4, -0.2) is 25.0 Å². The molecule has 4 aromatic rings. The molecular weight excluding hydrogens is 364 g/mol. The van der Waals surface area contributed by atoms with Crippen molar-refractivity contribution in [2.45, 2.75) is 19.4 Å². The Morgan fingerprint density at radius 3 is 2.93 bits per heavy atom. The molecular formula is C19H15F2N7. The van der Waals surface area contributed by atoms with Gasteiger partial charge in [0.15, 0.2) is 5.82 Å². The van der Waals surface area contributed by atoms with Crippen molar-refractivity contribution in [2.24, 2.45) is 0 Å². The lowest BCUT2D eigenvalue weighted by molar-refractivity contribution is 0.588. The summed E-state index contributed by atoms with van der Waals surface area (Å²) >= 11 is 0. The minimum Gasteiger partial charge on any atom is -0.323 e. The first-order valence-electron chi connectivity index (χ1n) is 8.57. The van der Waals surface area contributed by atoms with Crippen molar-refractivity contribution in [3.63, 3.8) is 0 Å². The molecule has 0 unspecified atom stereocenters. The van der Waals surface area contributed by atoms with Crippen LogP contribution in [0.3, 0.4) is 0 Å². The largest absolute Gasteiger partial charge is 0.323 e. The summed E-state index contributed by atoms with van der Waals surface area (Å²) in [6.07, 6.45) is 3.85. The molecule has 0 radical (unpaired) electrons. The number of benzene rings is 1. The number of hydrogen-bond acceptors (Lipinski definition) is 5. The van der Waals surface area contributed by atoms with E-state index < -0.39 is 11.6 Å². The Bertz CT molecular complexity index is 1170. The predicted octanol–water partition coefficient (Wildman–Crippen LogP) is 3.68. The van der Waals surface area contributed by atoms with E-state index in [1.165, 1.54) is 6.07 Å². The quantitative estimate of drug-likeness (QED) is 0.533. The number of pyridine rings is 1. The molecule has 1 aromatic carbocycles. The van der Waals surface area contributed by atoms with Crippen LogP contribution in [0.1, 0.15) is 17.7 Å². The monoisotopic (exact) mass is 379 g/mol. The van der Waals surface area contributed by atoms with Crippen LogP contribution in [0.15, 0.2) is 42.7 Å². The third-order valence-electron chi connectivity index (χ3n) is 4.23. The smallest absolute Gasteiger partial charge is 0.153 e. The molecule has 0 amide bonds. The van der Waals surface area contributed by atoms with Crippen molar-refractivity contribution in [1.29, 1.82) is 5.26 Å². The third kappa shape index (κ3) is 3.66. The highest BCUT2D eigenvalue weighted by Crippen LogP contribution is 2.24. The van der Waals surface area contributed by atoms with Gasteiger partial charge in [-0.15, -0.1) is 0 Å². The number of halogens is 2. The lowest BCUT2D eigenvalue weighted by Gasteiger charge is -2.08. The fraction of sp³-hybridized carbons (Fsp3) is 0.158. The summed E-state index contributed by atoms with van der Waals surface area (Å²) in [7, 11) is 0. The average molecular weight is 379 g/mol. The lowest BCUT2D eigenvalue weighted by Crippen LogP contribution is -2.02. The summed E-state index contributed by atoms with van der Waals surface area (Å²) < 4.78 is 29.2. The number of aromatic nitrogens is 5. The van der Waals surface area contributed by atoms with Gasteiger partial charge in [0, 0.05) is 30.1 Å². The van der Waals surface area contributed by atoms with Crippen LogP contribution in [-0.2, 0) is 13.0 Å². The van der Waals surface area contributed by atoms with Gasteiger partial charge < -0.3 is 5.32 Å². The summed E-state index contributed by atoms with van der Waals surface area (Å²) in [5, 5.41) is 23.7. The van der Waals surface area contributed by atoms with Crippen molar-refractivity contribution in [1.82, 2.24) is 25.0 Å². The number of nitriles is 1. The Morgan fingerprint density at radius 2 is 2.07 bits per heavy atom. The van der Waals surface area contributed by atoms with Gasteiger partial charge in [-0.2, -0.15) is 15.5 Å². The number of nitrogens with zero attached hydrogens (tertiary/aromatic N) is 5. The van der Waals surface area contributed by atoms with E-state index in [2.05, 4.69) is 31.7 Å². The van der Waals surface area contributed by atoms with Gasteiger partial charge in [0.2, 0.25) is 0 Å². The highest BCUT2D eigenvalue weighted by Gasteiger charge is 2.13. The van der Waals surface area contributed by atoms with Crippen LogP contribution < -0.4 is 5.32 Å². The normalized spacial score (nSPS) is 10.9. The maximum absolute atomic E-state index is 14.1. The molecule has 2 N–H and O–H groups in total. The molecule has 0 aliphatic carbocycles. The van der Waals surface area contributed by atoms with Gasteiger partial charge in [-0.25, -0.2) is 13.8 Å². The molecule has 3 aromatic heterocycles. The van der Waals surface area contributed by atoms with E-state index in [1.54, 1.807) is 29.2 Å². The fourth-order valence-corrected chi connectivity index (χ4v) is 2.92. The molecule has 3 heterocycles. The number of hydrogen-bond donors (Lipinski definition) is 2. The summed E-state index contributed by atoms with van der Waals surface area (Å²) in [5.74, 6) is 0.0627. The van der Waals surface area contributed by atoms with Crippen molar-refractivity contribution >= 4 is 22.5 Å². The van der Waals surface area contributed by atoms with Gasteiger partial charge in [-0.05, 0) is 23.8 Å². The summed E-state index contributed by atoms with van der Waals surface area (Å²) in [4.78, 5) is 4.54. The van der Waals surface area contributed by atoms with Crippen LogP contribution in [0.4, 0.5) is 20.4 Å². The van der Waals surface area contributed by atoms with Crippen LogP contribution in [0, 0.1) is 23.0 Å². The van der Waals surface area contributed by atoms with Gasteiger partial charge in [-0.1, -0.05) is 0 Å². The van der Waals surface area contributed by atoms with Crippen LogP contribution >= 0.6 is 0 Å². The Morgan fingerprint density at radius 1 is 1.18 bits per heavy atom. The molecule has 140 valence electrons. The number of aromatic amines is 1. The molecule has 0 spiro atoms. The number of nitrogens with one attached hydrogen (secondary N) is 2. The molecule has 0 atom stereocenters. The zero-order valence-corrected chi connectivity index (χ0v) is 14.7. The first kappa shape index (κ1) is 17.6. The Hall–Kier alpha value is -3.80. The molecule has 4 rings (SSSR count). The molecule has 0 saturated heterocycles. The van der Waals surface area contributed by atoms with E-state index in [1.807, 2.05) is 0 Å². The lowest BCUT2D eigenvalue weighted by atomic mass is 10.1. The molecule has 0 saturated carbocycles. The predicted molar refractivity (Wildman–Crippen MR) is 98.8 cm³/mol. The SMILES string of the molecule is N#CCCn1ccc(Nc2cc3[nH]ncc3c(Cc3cc(F)ccc3F)n2)n1. The molecule has 7 nitrogen and oxygen atoms in total. The number of H-pyrrole nitrogens is 1. The second-order valence-corrected chi connectivity index (χ2v) is 6.20. The summed E-state index contributed by atoms with van der Waals surface area (Å²) in [6, 6.07) is 8.96.